The minimum Gasteiger partial charge on any atom is -0.444 e. The Balaban J connectivity index is 2.06. The summed E-state index contributed by atoms with van der Waals surface area (Å²) in [6.07, 6.45) is -0.512. The van der Waals surface area contributed by atoms with Crippen molar-refractivity contribution in [2.45, 2.75) is 52.4 Å². The average Bonchev–Trinajstić information content (AvgIpc) is 2.43. The van der Waals surface area contributed by atoms with Crippen LogP contribution in [0.4, 0.5) is 10.5 Å². The number of hydrogen-bond acceptors (Lipinski definition) is 4. The number of rotatable bonds is 2. The Kier molecular flexibility index (Phi) is 5.49. The maximum Gasteiger partial charge on any atom is 0.412 e. The molecule has 0 unspecified atom stereocenters. The highest BCUT2D eigenvalue weighted by Crippen LogP contribution is 2.18. The van der Waals surface area contributed by atoms with Crippen LogP contribution in [0, 0.1) is 0 Å². The standard InChI is InChI=1S/C18H26N2O4/c1-12-10-20(11-13(2)23-12)16(21)14-7-6-8-15(9-14)19-17(22)24-18(3,4)5/h6-9,12-13H,10-11H2,1-5H3,(H,19,22)/t12-,13-/m1/s1. The second kappa shape index (κ2) is 7.21. The Bertz CT molecular complexity index is 599. The van der Waals surface area contributed by atoms with Gasteiger partial charge in [-0.2, -0.15) is 0 Å². The molecule has 2 amide bonds. The molecule has 0 saturated carbocycles. The number of benzene rings is 1. The van der Waals surface area contributed by atoms with Crippen LogP contribution in [0.2, 0.25) is 0 Å². The zero-order valence-electron chi connectivity index (χ0n) is 15.0. The molecule has 1 aromatic rings. The van der Waals surface area contributed by atoms with Gasteiger partial charge in [-0.1, -0.05) is 6.07 Å². The summed E-state index contributed by atoms with van der Waals surface area (Å²) in [5, 5.41) is 2.66. The first-order chi connectivity index (χ1) is 11.1. The van der Waals surface area contributed by atoms with E-state index < -0.39 is 11.7 Å². The number of amides is 2. The quantitative estimate of drug-likeness (QED) is 0.901. The Hall–Kier alpha value is -2.08. The van der Waals surface area contributed by atoms with Crippen molar-refractivity contribution in [1.29, 1.82) is 0 Å². The van der Waals surface area contributed by atoms with Crippen molar-refractivity contribution in [3.63, 3.8) is 0 Å². The second-order valence-electron chi connectivity index (χ2n) is 7.18. The highest BCUT2D eigenvalue weighted by Gasteiger charge is 2.26. The van der Waals surface area contributed by atoms with Gasteiger partial charge in [0, 0.05) is 24.3 Å². The highest BCUT2D eigenvalue weighted by atomic mass is 16.6. The number of ether oxygens (including phenoxy) is 2. The molecule has 2 atom stereocenters. The molecular weight excluding hydrogens is 308 g/mol. The Labute approximate surface area is 143 Å². The van der Waals surface area contributed by atoms with Gasteiger partial charge in [0.2, 0.25) is 0 Å². The van der Waals surface area contributed by atoms with Crippen molar-refractivity contribution >= 4 is 17.7 Å². The smallest absolute Gasteiger partial charge is 0.412 e. The van der Waals surface area contributed by atoms with E-state index in [1.165, 1.54) is 0 Å². The lowest BCUT2D eigenvalue weighted by molar-refractivity contribution is -0.0586. The maximum atomic E-state index is 12.7. The van der Waals surface area contributed by atoms with E-state index in [2.05, 4.69) is 5.32 Å². The first-order valence-corrected chi connectivity index (χ1v) is 8.19. The summed E-state index contributed by atoms with van der Waals surface area (Å²) in [4.78, 5) is 26.3. The molecule has 1 aromatic carbocycles. The lowest BCUT2D eigenvalue weighted by atomic mass is 10.1. The largest absolute Gasteiger partial charge is 0.444 e. The van der Waals surface area contributed by atoms with Crippen molar-refractivity contribution in [3.8, 4) is 0 Å². The van der Waals surface area contributed by atoms with Crippen LogP contribution >= 0.6 is 0 Å². The third-order valence-electron chi connectivity index (χ3n) is 3.46. The summed E-state index contributed by atoms with van der Waals surface area (Å²) >= 11 is 0. The monoisotopic (exact) mass is 334 g/mol. The zero-order valence-corrected chi connectivity index (χ0v) is 15.0. The van der Waals surface area contributed by atoms with Crippen LogP contribution in [0.3, 0.4) is 0 Å². The SMILES string of the molecule is C[C@@H]1CN(C(=O)c2cccc(NC(=O)OC(C)(C)C)c2)C[C@@H](C)O1. The molecule has 0 aliphatic carbocycles. The summed E-state index contributed by atoms with van der Waals surface area (Å²) in [5.74, 6) is -0.0650. The minimum atomic E-state index is -0.572. The van der Waals surface area contributed by atoms with Crippen LogP contribution in [0.5, 0.6) is 0 Å². The summed E-state index contributed by atoms with van der Waals surface area (Å²) < 4.78 is 10.9. The molecule has 0 bridgehead atoms. The van der Waals surface area contributed by atoms with E-state index in [1.807, 2.05) is 13.8 Å². The Morgan fingerprint density at radius 1 is 1.21 bits per heavy atom. The van der Waals surface area contributed by atoms with E-state index >= 15 is 0 Å². The summed E-state index contributed by atoms with van der Waals surface area (Å²) in [5.41, 5.74) is 0.492. The fourth-order valence-electron chi connectivity index (χ4n) is 2.68. The van der Waals surface area contributed by atoms with Crippen LogP contribution in [0.25, 0.3) is 0 Å². The fraction of sp³-hybridized carbons (Fsp3) is 0.556. The Morgan fingerprint density at radius 2 is 1.83 bits per heavy atom. The van der Waals surface area contributed by atoms with Crippen molar-refractivity contribution in [2.75, 3.05) is 18.4 Å². The molecule has 1 aliphatic heterocycles. The maximum absolute atomic E-state index is 12.7. The molecule has 0 spiro atoms. The lowest BCUT2D eigenvalue weighted by Crippen LogP contribution is -2.48. The predicted molar refractivity (Wildman–Crippen MR) is 92.2 cm³/mol. The fourth-order valence-corrected chi connectivity index (χ4v) is 2.68. The second-order valence-corrected chi connectivity index (χ2v) is 7.18. The number of anilines is 1. The molecule has 6 nitrogen and oxygen atoms in total. The molecule has 132 valence electrons. The number of morpholine rings is 1. The van der Waals surface area contributed by atoms with E-state index in [4.69, 9.17) is 9.47 Å². The number of hydrogen-bond donors (Lipinski definition) is 1. The van der Waals surface area contributed by atoms with Gasteiger partial charge in [-0.15, -0.1) is 0 Å². The van der Waals surface area contributed by atoms with Crippen LogP contribution in [-0.2, 0) is 9.47 Å². The summed E-state index contributed by atoms with van der Waals surface area (Å²) in [7, 11) is 0. The van der Waals surface area contributed by atoms with E-state index in [0.29, 0.717) is 24.3 Å². The highest BCUT2D eigenvalue weighted by molar-refractivity contribution is 5.96. The van der Waals surface area contributed by atoms with Gasteiger partial charge in [0.25, 0.3) is 5.91 Å². The molecule has 1 aliphatic rings. The summed E-state index contributed by atoms with van der Waals surface area (Å²) in [6.45, 7) is 10.4. The van der Waals surface area contributed by atoms with E-state index in [1.54, 1.807) is 49.9 Å². The first-order valence-electron chi connectivity index (χ1n) is 8.19. The van der Waals surface area contributed by atoms with Gasteiger partial charge in [0.1, 0.15) is 5.60 Å². The van der Waals surface area contributed by atoms with Gasteiger partial charge in [0.15, 0.2) is 0 Å². The van der Waals surface area contributed by atoms with Gasteiger partial charge in [-0.25, -0.2) is 4.79 Å². The molecule has 1 N–H and O–H groups in total. The predicted octanol–water partition coefficient (Wildman–Crippen LogP) is 3.28. The van der Waals surface area contributed by atoms with Crippen LogP contribution in [0.1, 0.15) is 45.0 Å². The minimum absolute atomic E-state index is 0.0146. The van der Waals surface area contributed by atoms with Crippen LogP contribution in [0.15, 0.2) is 24.3 Å². The van der Waals surface area contributed by atoms with Gasteiger partial charge in [0.05, 0.1) is 12.2 Å². The number of carbonyl (C=O) groups excluding carboxylic acids is 2. The van der Waals surface area contributed by atoms with Gasteiger partial charge < -0.3 is 14.4 Å². The van der Waals surface area contributed by atoms with Crippen molar-refractivity contribution < 1.29 is 19.1 Å². The van der Waals surface area contributed by atoms with Crippen LogP contribution < -0.4 is 5.32 Å². The van der Waals surface area contributed by atoms with Crippen molar-refractivity contribution in [1.82, 2.24) is 4.90 Å². The molecule has 24 heavy (non-hydrogen) atoms. The van der Waals surface area contributed by atoms with E-state index in [0.717, 1.165) is 0 Å². The lowest BCUT2D eigenvalue weighted by Gasteiger charge is -2.35. The number of nitrogens with one attached hydrogen (secondary N) is 1. The molecule has 6 heteroatoms. The first kappa shape index (κ1) is 18.3. The van der Waals surface area contributed by atoms with E-state index in [9.17, 15) is 9.59 Å². The zero-order chi connectivity index (χ0) is 17.9. The Morgan fingerprint density at radius 3 is 2.42 bits per heavy atom. The summed E-state index contributed by atoms with van der Waals surface area (Å²) in [6, 6.07) is 6.88. The van der Waals surface area contributed by atoms with Gasteiger partial charge in [-0.05, 0) is 52.8 Å². The number of carbonyl (C=O) groups is 2. The third-order valence-corrected chi connectivity index (χ3v) is 3.46. The number of nitrogens with zero attached hydrogens (tertiary/aromatic N) is 1. The molecule has 1 heterocycles. The molecular formula is C18H26N2O4. The van der Waals surface area contributed by atoms with Crippen molar-refractivity contribution in [3.05, 3.63) is 29.8 Å². The van der Waals surface area contributed by atoms with Crippen LogP contribution in [-0.4, -0.2) is 47.8 Å². The molecule has 0 aromatic heterocycles. The van der Waals surface area contributed by atoms with Crippen molar-refractivity contribution in [2.24, 2.45) is 0 Å². The van der Waals surface area contributed by atoms with Gasteiger partial charge >= 0.3 is 6.09 Å². The topological polar surface area (TPSA) is 67.9 Å². The normalized spacial score (nSPS) is 21.3. The third kappa shape index (κ3) is 5.23. The molecule has 2 rings (SSSR count). The van der Waals surface area contributed by atoms with Gasteiger partial charge in [-0.3, -0.25) is 10.1 Å². The molecule has 1 fully saturated rings. The molecule has 1 saturated heterocycles. The molecule has 0 radical (unpaired) electrons. The average molecular weight is 334 g/mol. The van der Waals surface area contributed by atoms with E-state index in [-0.39, 0.29) is 18.1 Å².